The van der Waals surface area contributed by atoms with Crippen LogP contribution in [0.2, 0.25) is 0 Å². The highest BCUT2D eigenvalue weighted by Crippen LogP contribution is 2.30. The van der Waals surface area contributed by atoms with Crippen LogP contribution in [0.25, 0.3) is 27.8 Å². The first-order chi connectivity index (χ1) is 15.9. The van der Waals surface area contributed by atoms with Crippen molar-refractivity contribution in [2.75, 3.05) is 0 Å². The molecule has 0 spiro atoms. The number of hydrogen-bond donors (Lipinski definition) is 1. The number of carboxylic acids is 1. The lowest BCUT2D eigenvalue weighted by Gasteiger charge is -2.09. The van der Waals surface area contributed by atoms with Gasteiger partial charge in [-0.2, -0.15) is 5.10 Å². The first-order valence-electron chi connectivity index (χ1n) is 10.7. The number of aromatic carboxylic acids is 1. The first kappa shape index (κ1) is 21.3. The lowest BCUT2D eigenvalue weighted by molar-refractivity contribution is 0.0696. The van der Waals surface area contributed by atoms with Crippen molar-refractivity contribution in [1.82, 2.24) is 24.3 Å². The van der Waals surface area contributed by atoms with Crippen molar-refractivity contribution in [3.05, 3.63) is 81.3 Å². The van der Waals surface area contributed by atoms with E-state index in [9.17, 15) is 9.90 Å². The Hall–Kier alpha value is -3.52. The summed E-state index contributed by atoms with van der Waals surface area (Å²) in [7, 11) is 0. The van der Waals surface area contributed by atoms with Crippen molar-refractivity contribution < 1.29 is 9.90 Å². The summed E-state index contributed by atoms with van der Waals surface area (Å²) in [5, 5.41) is 15.1. The molecular weight excluding hydrogens is 482 g/mol. The smallest absolute Gasteiger partial charge is 0.337 e. The summed E-state index contributed by atoms with van der Waals surface area (Å²) in [6, 6.07) is 15.0. The number of aromatic nitrogens is 5. The molecule has 2 aromatic carbocycles. The molecule has 0 fully saturated rings. The van der Waals surface area contributed by atoms with Gasteiger partial charge in [0, 0.05) is 17.5 Å². The fraction of sp³-hybridized carbons (Fsp3) is 0.200. The normalized spacial score (nSPS) is 11.5. The second-order valence-corrected chi connectivity index (χ2v) is 8.85. The molecule has 3 heterocycles. The summed E-state index contributed by atoms with van der Waals surface area (Å²) in [5.41, 5.74) is 6.51. The maximum absolute atomic E-state index is 11.7. The van der Waals surface area contributed by atoms with Gasteiger partial charge in [0.2, 0.25) is 0 Å². The zero-order chi connectivity index (χ0) is 23.3. The van der Waals surface area contributed by atoms with Crippen LogP contribution in [-0.4, -0.2) is 35.4 Å². The number of pyridine rings is 1. The number of carbonyl (C=O) groups is 1. The predicted molar refractivity (Wildman–Crippen MR) is 131 cm³/mol. The molecular formula is C25H22BrN5O2. The van der Waals surface area contributed by atoms with Crippen LogP contribution in [-0.2, 0) is 13.0 Å². The minimum Gasteiger partial charge on any atom is -0.478 e. The van der Waals surface area contributed by atoms with Crippen LogP contribution < -0.4 is 0 Å². The zero-order valence-electron chi connectivity index (χ0n) is 18.5. The molecule has 5 rings (SSSR count). The number of imidazole rings is 1. The van der Waals surface area contributed by atoms with Crippen LogP contribution in [0.4, 0.5) is 0 Å². The van der Waals surface area contributed by atoms with Gasteiger partial charge >= 0.3 is 5.97 Å². The van der Waals surface area contributed by atoms with Gasteiger partial charge < -0.3 is 9.67 Å². The van der Waals surface area contributed by atoms with Crippen molar-refractivity contribution in [1.29, 1.82) is 0 Å². The summed E-state index contributed by atoms with van der Waals surface area (Å²) < 4.78 is 4.52. The van der Waals surface area contributed by atoms with Gasteiger partial charge in [0.05, 0.1) is 23.3 Å². The van der Waals surface area contributed by atoms with Crippen LogP contribution in [0.15, 0.2) is 53.1 Å². The first-order valence-corrected chi connectivity index (χ1v) is 11.5. The highest BCUT2D eigenvalue weighted by Gasteiger charge is 2.18. The molecule has 7 nitrogen and oxygen atoms in total. The molecule has 0 bridgehead atoms. The van der Waals surface area contributed by atoms with Gasteiger partial charge in [0.1, 0.15) is 15.9 Å². The maximum atomic E-state index is 11.7. The number of halogens is 1. The molecule has 8 heteroatoms. The average molecular weight is 504 g/mol. The lowest BCUT2D eigenvalue weighted by atomic mass is 10.1. The van der Waals surface area contributed by atoms with Crippen molar-refractivity contribution in [3.8, 4) is 5.69 Å². The Morgan fingerprint density at radius 3 is 2.64 bits per heavy atom. The molecule has 1 N–H and O–H groups in total. The van der Waals surface area contributed by atoms with Crippen molar-refractivity contribution in [3.63, 3.8) is 0 Å². The maximum Gasteiger partial charge on any atom is 0.337 e. The minimum absolute atomic E-state index is 0.195. The number of rotatable bonds is 5. The molecule has 0 aliphatic heterocycles. The van der Waals surface area contributed by atoms with E-state index in [1.807, 2.05) is 19.1 Å². The summed E-state index contributed by atoms with van der Waals surface area (Å²) in [4.78, 5) is 21.3. The summed E-state index contributed by atoms with van der Waals surface area (Å²) in [6.07, 6.45) is 0.810. The van der Waals surface area contributed by atoms with E-state index >= 15 is 0 Å². The van der Waals surface area contributed by atoms with Gasteiger partial charge in [-0.1, -0.05) is 25.1 Å². The van der Waals surface area contributed by atoms with Gasteiger partial charge in [0.25, 0.3) is 0 Å². The fourth-order valence-electron chi connectivity index (χ4n) is 4.27. The molecule has 0 aliphatic carbocycles. The Balaban J connectivity index is 1.61. The number of fused-ring (bicyclic) bond motifs is 2. The Kier molecular flexibility index (Phi) is 5.25. The molecule has 0 radical (unpaired) electrons. The Labute approximate surface area is 198 Å². The zero-order valence-corrected chi connectivity index (χ0v) is 20.1. The van der Waals surface area contributed by atoms with Crippen LogP contribution in [0.5, 0.6) is 0 Å². The van der Waals surface area contributed by atoms with Crippen molar-refractivity contribution in [2.24, 2.45) is 0 Å². The number of hydrogen-bond acceptors (Lipinski definition) is 4. The third-order valence-corrected chi connectivity index (χ3v) is 6.56. The Morgan fingerprint density at radius 2 is 1.88 bits per heavy atom. The number of benzene rings is 2. The summed E-state index contributed by atoms with van der Waals surface area (Å²) >= 11 is 3.65. The fourth-order valence-corrected chi connectivity index (χ4v) is 4.85. The molecule has 0 aliphatic rings. The van der Waals surface area contributed by atoms with Gasteiger partial charge in [0.15, 0.2) is 5.65 Å². The van der Waals surface area contributed by atoms with E-state index in [0.29, 0.717) is 16.8 Å². The second kappa shape index (κ2) is 8.12. The minimum atomic E-state index is -0.991. The van der Waals surface area contributed by atoms with E-state index in [4.69, 9.17) is 9.97 Å². The van der Waals surface area contributed by atoms with Crippen LogP contribution in [0.3, 0.4) is 0 Å². The third-order valence-electron chi connectivity index (χ3n) is 5.80. The van der Waals surface area contributed by atoms with Gasteiger partial charge in [-0.05, 0) is 71.2 Å². The number of aryl methyl sites for hydroxylation is 3. The molecule has 166 valence electrons. The van der Waals surface area contributed by atoms with Gasteiger partial charge in [-0.15, -0.1) is 0 Å². The van der Waals surface area contributed by atoms with Crippen LogP contribution >= 0.6 is 15.9 Å². The van der Waals surface area contributed by atoms with Gasteiger partial charge in [-0.25, -0.2) is 19.4 Å². The van der Waals surface area contributed by atoms with E-state index in [1.54, 1.807) is 28.9 Å². The average Bonchev–Trinajstić information content (AvgIpc) is 3.31. The molecule has 0 saturated heterocycles. The second-order valence-electron chi connectivity index (χ2n) is 8.10. The van der Waals surface area contributed by atoms with Crippen LogP contribution in [0, 0.1) is 13.8 Å². The van der Waals surface area contributed by atoms with Crippen LogP contribution in [0.1, 0.15) is 39.9 Å². The molecule has 0 saturated carbocycles. The largest absolute Gasteiger partial charge is 0.478 e. The monoisotopic (exact) mass is 503 g/mol. The Bertz CT molecular complexity index is 1550. The summed E-state index contributed by atoms with van der Waals surface area (Å²) in [6.45, 7) is 6.81. The highest BCUT2D eigenvalue weighted by atomic mass is 79.9. The van der Waals surface area contributed by atoms with E-state index < -0.39 is 5.97 Å². The number of para-hydroxylation sites is 1. The van der Waals surface area contributed by atoms with E-state index in [0.717, 1.165) is 51.1 Å². The van der Waals surface area contributed by atoms with Crippen molar-refractivity contribution in [2.45, 2.75) is 33.7 Å². The quantitative estimate of drug-likeness (QED) is 0.344. The summed E-state index contributed by atoms with van der Waals surface area (Å²) in [5.74, 6) is 0.00589. The molecule has 5 aromatic rings. The molecule has 0 atom stereocenters. The topological polar surface area (TPSA) is 85.8 Å². The van der Waals surface area contributed by atoms with E-state index in [1.165, 1.54) is 0 Å². The molecule has 0 unspecified atom stereocenters. The number of nitrogens with zero attached hydrogens (tertiary/aromatic N) is 5. The third kappa shape index (κ3) is 3.60. The van der Waals surface area contributed by atoms with E-state index in [-0.39, 0.29) is 5.56 Å². The molecule has 3 aromatic heterocycles. The Morgan fingerprint density at radius 1 is 1.09 bits per heavy atom. The molecule has 33 heavy (non-hydrogen) atoms. The van der Waals surface area contributed by atoms with Crippen molar-refractivity contribution >= 4 is 44.0 Å². The van der Waals surface area contributed by atoms with E-state index in [2.05, 4.69) is 51.6 Å². The highest BCUT2D eigenvalue weighted by molar-refractivity contribution is 9.10. The lowest BCUT2D eigenvalue weighted by Crippen LogP contribution is -2.06. The molecule has 0 amide bonds. The predicted octanol–water partition coefficient (Wildman–Crippen LogP) is 5.46. The van der Waals surface area contributed by atoms with Gasteiger partial charge in [-0.3, -0.25) is 0 Å². The SMILES string of the molecule is CCc1nc2c(C)cc(C)nc2n1Cc1ccc2nn(-c3ccccc3C(=O)O)c(Br)c2c1. The number of carboxylic acid groups (broad SMARTS) is 1. The standard InChI is InChI=1S/C25H22BrN5O2/c1-4-21-28-22-14(2)11-15(3)27-24(22)30(21)13-16-9-10-19-18(12-16)23(26)31(29-19)20-8-6-5-7-17(20)25(32)33/h5-12H,4,13H2,1-3H3,(H,32,33).